The fourth-order valence-electron chi connectivity index (χ4n) is 7.57. The molecule has 2 nitrogen and oxygen atoms in total. The van der Waals surface area contributed by atoms with Gasteiger partial charge in [-0.1, -0.05) is 115 Å². The molecule has 3 aliphatic rings. The van der Waals surface area contributed by atoms with Crippen molar-refractivity contribution in [2.45, 2.75) is 24.4 Å². The molecule has 2 aliphatic carbocycles. The van der Waals surface area contributed by atoms with Crippen molar-refractivity contribution >= 4 is 49.9 Å². The van der Waals surface area contributed by atoms with Crippen molar-refractivity contribution in [2.75, 3.05) is 4.90 Å². The average molecular weight is 513 g/mol. The highest BCUT2D eigenvalue weighted by molar-refractivity contribution is 6.21. The Morgan fingerprint density at radius 2 is 1.48 bits per heavy atom. The number of H-pyrrole nitrogens is 1. The summed E-state index contributed by atoms with van der Waals surface area (Å²) in [6, 6.07) is 38.4. The number of nitrogens with one attached hydrogen (secondary N) is 1. The van der Waals surface area contributed by atoms with Crippen LogP contribution in [0, 0.1) is 0 Å². The van der Waals surface area contributed by atoms with E-state index in [4.69, 9.17) is 0 Å². The van der Waals surface area contributed by atoms with Crippen LogP contribution >= 0.6 is 0 Å². The summed E-state index contributed by atoms with van der Waals surface area (Å²) in [6.07, 6.45) is 13.0. The second-order valence-electron chi connectivity index (χ2n) is 11.3. The van der Waals surface area contributed by atoms with Crippen molar-refractivity contribution in [1.29, 1.82) is 0 Å². The number of allylic oxidation sites excluding steroid dienone is 2. The van der Waals surface area contributed by atoms with Crippen LogP contribution in [-0.2, 0) is 0 Å². The van der Waals surface area contributed by atoms with Crippen LogP contribution in [0.2, 0.25) is 0 Å². The average Bonchev–Trinajstić information content (AvgIpc) is 3.57. The van der Waals surface area contributed by atoms with Gasteiger partial charge in [0.25, 0.3) is 0 Å². The molecule has 1 aliphatic heterocycles. The normalized spacial score (nSPS) is 21.1. The van der Waals surface area contributed by atoms with Crippen LogP contribution < -0.4 is 4.90 Å². The molecule has 0 saturated heterocycles. The first kappa shape index (κ1) is 22.0. The number of benzene rings is 5. The lowest BCUT2D eigenvalue weighted by Gasteiger charge is -2.37. The van der Waals surface area contributed by atoms with E-state index in [0.29, 0.717) is 12.0 Å². The molecule has 5 aromatic carbocycles. The van der Waals surface area contributed by atoms with Gasteiger partial charge in [0.05, 0.1) is 12.1 Å². The summed E-state index contributed by atoms with van der Waals surface area (Å²) in [7, 11) is 0. The zero-order valence-electron chi connectivity index (χ0n) is 22.1. The highest BCUT2D eigenvalue weighted by Crippen LogP contribution is 2.52. The lowest BCUT2D eigenvalue weighted by molar-refractivity contribution is 0.609. The maximum Gasteiger partial charge on any atom is 0.0593 e. The van der Waals surface area contributed by atoms with Gasteiger partial charge in [-0.25, -0.2) is 0 Å². The molecule has 1 aromatic heterocycles. The largest absolute Gasteiger partial charge is 0.357 e. The Kier molecular flexibility index (Phi) is 4.59. The van der Waals surface area contributed by atoms with Crippen LogP contribution in [-0.4, -0.2) is 17.1 Å². The van der Waals surface area contributed by atoms with E-state index in [1.54, 1.807) is 0 Å². The summed E-state index contributed by atoms with van der Waals surface area (Å²) in [5.74, 6) is 0.301. The SMILES string of the molecule is C1=CC(N2c3ccccc3C3c4c(ccc5c4ccc4[nH]c6ccccc6c45)C=CC32)CC=C1c1ccccc1. The molecule has 0 bridgehead atoms. The number of rotatable bonds is 2. The predicted octanol–water partition coefficient (Wildman–Crippen LogP) is 9.23. The third kappa shape index (κ3) is 3.05. The molecule has 2 heteroatoms. The van der Waals surface area contributed by atoms with Gasteiger partial charge in [-0.15, -0.1) is 0 Å². The fourth-order valence-corrected chi connectivity index (χ4v) is 7.57. The molecule has 40 heavy (non-hydrogen) atoms. The number of aromatic nitrogens is 1. The summed E-state index contributed by atoms with van der Waals surface area (Å²) in [5.41, 5.74) is 10.6. The van der Waals surface area contributed by atoms with E-state index < -0.39 is 0 Å². The molecule has 0 radical (unpaired) electrons. The van der Waals surface area contributed by atoms with Crippen molar-refractivity contribution < 1.29 is 0 Å². The molecule has 3 atom stereocenters. The number of hydrogen-bond acceptors (Lipinski definition) is 1. The van der Waals surface area contributed by atoms with Gasteiger partial charge in [0.2, 0.25) is 0 Å². The molecule has 6 aromatic rings. The van der Waals surface area contributed by atoms with Gasteiger partial charge in [-0.3, -0.25) is 0 Å². The smallest absolute Gasteiger partial charge is 0.0593 e. The molecule has 9 rings (SSSR count). The molecule has 0 spiro atoms. The summed E-state index contributed by atoms with van der Waals surface area (Å²) in [6.45, 7) is 0. The van der Waals surface area contributed by atoms with Gasteiger partial charge in [0, 0.05) is 33.4 Å². The van der Waals surface area contributed by atoms with E-state index in [-0.39, 0.29) is 6.04 Å². The second-order valence-corrected chi connectivity index (χ2v) is 11.3. The van der Waals surface area contributed by atoms with Crippen molar-refractivity contribution in [3.63, 3.8) is 0 Å². The Morgan fingerprint density at radius 1 is 0.650 bits per heavy atom. The van der Waals surface area contributed by atoms with Crippen LogP contribution in [0.15, 0.2) is 127 Å². The molecule has 0 fully saturated rings. The molecule has 0 amide bonds. The monoisotopic (exact) mass is 512 g/mol. The van der Waals surface area contributed by atoms with Crippen LogP contribution in [0.3, 0.4) is 0 Å². The Morgan fingerprint density at radius 3 is 2.38 bits per heavy atom. The molecule has 1 N–H and O–H groups in total. The third-order valence-corrected chi connectivity index (χ3v) is 9.28. The summed E-state index contributed by atoms with van der Waals surface area (Å²) >= 11 is 0. The van der Waals surface area contributed by atoms with Crippen LogP contribution in [0.4, 0.5) is 5.69 Å². The number of aromatic amines is 1. The Balaban J connectivity index is 1.19. The van der Waals surface area contributed by atoms with E-state index >= 15 is 0 Å². The van der Waals surface area contributed by atoms with Crippen molar-refractivity contribution in [3.8, 4) is 0 Å². The van der Waals surface area contributed by atoms with Gasteiger partial charge in [0.1, 0.15) is 0 Å². The first-order chi connectivity index (χ1) is 19.8. The topological polar surface area (TPSA) is 19.0 Å². The zero-order chi connectivity index (χ0) is 26.2. The Labute approximate surface area is 233 Å². The van der Waals surface area contributed by atoms with E-state index in [0.717, 1.165) is 6.42 Å². The van der Waals surface area contributed by atoms with Crippen LogP contribution in [0.1, 0.15) is 34.6 Å². The predicted molar refractivity (Wildman–Crippen MR) is 169 cm³/mol. The first-order valence-electron chi connectivity index (χ1n) is 14.3. The van der Waals surface area contributed by atoms with E-state index in [1.165, 1.54) is 66.1 Å². The Bertz CT molecular complexity index is 2060. The van der Waals surface area contributed by atoms with Crippen molar-refractivity contribution in [1.82, 2.24) is 4.98 Å². The molecular formula is C38H28N2. The number of para-hydroxylation sites is 2. The highest BCUT2D eigenvalue weighted by Gasteiger charge is 2.43. The fraction of sp³-hybridized carbons (Fsp3) is 0.105. The summed E-state index contributed by atoms with van der Waals surface area (Å²) < 4.78 is 0. The highest BCUT2D eigenvalue weighted by atomic mass is 15.2. The number of hydrogen-bond donors (Lipinski definition) is 1. The third-order valence-electron chi connectivity index (χ3n) is 9.28. The van der Waals surface area contributed by atoms with Crippen molar-refractivity contribution in [3.05, 3.63) is 150 Å². The molecule has 2 heterocycles. The molecule has 0 saturated carbocycles. The van der Waals surface area contributed by atoms with Gasteiger partial charge in [0.15, 0.2) is 0 Å². The van der Waals surface area contributed by atoms with Gasteiger partial charge in [-0.2, -0.15) is 0 Å². The standard InChI is InChI=1S/C38H28N2/c1-2-8-24(9-3-1)25-14-18-27(19-15-25)40-34-13-7-5-11-31(34)38-35(40)23-17-26-16-20-29-28(36(26)38)21-22-33-37(29)30-10-4-6-12-32(30)39-33/h1-18,20-23,27,35,38-39H,19H2. The minimum absolute atomic E-state index is 0.287. The number of nitrogens with zero attached hydrogens (tertiary/aromatic N) is 1. The van der Waals surface area contributed by atoms with Gasteiger partial charge in [-0.05, 0) is 63.2 Å². The second kappa shape index (κ2) is 8.34. The van der Waals surface area contributed by atoms with Gasteiger partial charge < -0.3 is 9.88 Å². The minimum atomic E-state index is 0.287. The Hall–Kier alpha value is -4.82. The maximum atomic E-state index is 3.64. The van der Waals surface area contributed by atoms with Crippen LogP contribution in [0.5, 0.6) is 0 Å². The minimum Gasteiger partial charge on any atom is -0.357 e. The van der Waals surface area contributed by atoms with Crippen LogP contribution in [0.25, 0.3) is 44.2 Å². The number of anilines is 1. The molecule has 3 unspecified atom stereocenters. The van der Waals surface area contributed by atoms with Crippen molar-refractivity contribution in [2.24, 2.45) is 0 Å². The summed E-state index contributed by atoms with van der Waals surface area (Å²) in [4.78, 5) is 6.32. The molecular weight excluding hydrogens is 484 g/mol. The lowest BCUT2D eigenvalue weighted by Crippen LogP contribution is -2.41. The molecule has 190 valence electrons. The van der Waals surface area contributed by atoms with E-state index in [2.05, 4.69) is 143 Å². The number of fused-ring (bicyclic) bond motifs is 11. The van der Waals surface area contributed by atoms with E-state index in [1.807, 2.05) is 0 Å². The van der Waals surface area contributed by atoms with E-state index in [9.17, 15) is 0 Å². The van der Waals surface area contributed by atoms with Gasteiger partial charge >= 0.3 is 0 Å². The first-order valence-corrected chi connectivity index (χ1v) is 14.3. The lowest BCUT2D eigenvalue weighted by atomic mass is 9.78. The maximum absolute atomic E-state index is 3.64. The zero-order valence-corrected chi connectivity index (χ0v) is 22.1. The quantitative estimate of drug-likeness (QED) is 0.245. The summed E-state index contributed by atoms with van der Waals surface area (Å²) in [5, 5.41) is 5.34.